The molecule has 2 aromatic rings. The fourth-order valence-electron chi connectivity index (χ4n) is 3.23. The molecule has 7 nitrogen and oxygen atoms in total. The van der Waals surface area contributed by atoms with Gasteiger partial charge in [-0.25, -0.2) is 4.79 Å². The van der Waals surface area contributed by atoms with Gasteiger partial charge in [-0.15, -0.1) is 0 Å². The maximum Gasteiger partial charge on any atom is 0.340 e. The Morgan fingerprint density at radius 3 is 2.20 bits per heavy atom. The smallest absolute Gasteiger partial charge is 0.340 e. The van der Waals surface area contributed by atoms with Gasteiger partial charge in [0.1, 0.15) is 22.8 Å². The summed E-state index contributed by atoms with van der Waals surface area (Å²) in [5.41, 5.74) is -0.0165. The monoisotopic (exact) mass is 416 g/mol. The van der Waals surface area contributed by atoms with Crippen LogP contribution in [0.4, 0.5) is 0 Å². The Morgan fingerprint density at radius 1 is 0.900 bits per heavy atom. The summed E-state index contributed by atoms with van der Waals surface area (Å²) in [5, 5.41) is 40.0. The van der Waals surface area contributed by atoms with E-state index >= 15 is 0 Å². The third kappa shape index (κ3) is 5.65. The van der Waals surface area contributed by atoms with Crippen LogP contribution in [0.3, 0.4) is 0 Å². The van der Waals surface area contributed by atoms with Crippen molar-refractivity contribution in [2.45, 2.75) is 58.8 Å². The molecule has 0 atom stereocenters. The van der Waals surface area contributed by atoms with Gasteiger partial charge in [0, 0.05) is 29.7 Å². The van der Waals surface area contributed by atoms with E-state index in [9.17, 15) is 30.0 Å². The summed E-state index contributed by atoms with van der Waals surface area (Å²) in [4.78, 5) is 24.5. The lowest BCUT2D eigenvalue weighted by atomic mass is 9.98. The van der Waals surface area contributed by atoms with Gasteiger partial charge in [-0.2, -0.15) is 0 Å². The molecule has 0 spiro atoms. The third-order valence-electron chi connectivity index (χ3n) is 4.75. The molecule has 0 aliphatic heterocycles. The number of rotatable bonds is 11. The summed E-state index contributed by atoms with van der Waals surface area (Å²) in [5.74, 6) is -2.87. The molecule has 162 valence electrons. The summed E-state index contributed by atoms with van der Waals surface area (Å²) in [6, 6.07) is 4.76. The molecule has 0 aliphatic carbocycles. The van der Waals surface area contributed by atoms with E-state index in [4.69, 9.17) is 4.74 Å². The Bertz CT molecular complexity index is 918. The van der Waals surface area contributed by atoms with Crippen molar-refractivity contribution in [3.8, 4) is 28.7 Å². The Hall–Kier alpha value is -3.22. The Morgan fingerprint density at radius 2 is 1.57 bits per heavy atom. The predicted octanol–water partition coefficient (Wildman–Crippen LogP) is 5.40. The van der Waals surface area contributed by atoms with Crippen molar-refractivity contribution in [3.05, 3.63) is 41.0 Å². The topological polar surface area (TPSA) is 124 Å². The molecule has 0 fully saturated rings. The van der Waals surface area contributed by atoms with Crippen molar-refractivity contribution in [3.63, 3.8) is 0 Å². The second kappa shape index (κ2) is 10.5. The van der Waals surface area contributed by atoms with E-state index < -0.39 is 11.8 Å². The van der Waals surface area contributed by atoms with Crippen molar-refractivity contribution in [2.75, 3.05) is 0 Å². The molecule has 0 aliphatic rings. The maximum absolute atomic E-state index is 12.5. The molecule has 0 radical (unpaired) electrons. The van der Waals surface area contributed by atoms with Crippen molar-refractivity contribution < 1.29 is 34.8 Å². The number of phenolic OH excluding ortho intramolecular Hbond substituents is 3. The number of phenols is 3. The van der Waals surface area contributed by atoms with Crippen LogP contribution in [0, 0.1) is 0 Å². The molecular weight excluding hydrogens is 388 g/mol. The first-order valence-corrected chi connectivity index (χ1v) is 10.1. The van der Waals surface area contributed by atoms with Crippen molar-refractivity contribution in [1.29, 1.82) is 0 Å². The lowest BCUT2D eigenvalue weighted by Gasteiger charge is -2.17. The zero-order valence-corrected chi connectivity index (χ0v) is 17.3. The van der Waals surface area contributed by atoms with E-state index in [-0.39, 0.29) is 46.3 Å². The average Bonchev–Trinajstić information content (AvgIpc) is 2.67. The first-order valence-electron chi connectivity index (χ1n) is 10.1. The number of carboxylic acids is 1. The van der Waals surface area contributed by atoms with Gasteiger partial charge in [0.15, 0.2) is 17.3 Å². The number of carbonyl (C=O) groups is 2. The number of aromatic hydroxyl groups is 3. The van der Waals surface area contributed by atoms with Crippen LogP contribution in [-0.4, -0.2) is 32.2 Å². The van der Waals surface area contributed by atoms with Crippen LogP contribution in [0.5, 0.6) is 28.7 Å². The first-order chi connectivity index (χ1) is 14.3. The molecule has 0 aromatic heterocycles. The molecule has 7 heteroatoms. The molecule has 0 amide bonds. The molecule has 0 unspecified atom stereocenters. The SMILES string of the molecule is CCCCCc1cc(O)cc(O)c1Oc1cc(O)cc(C(=O)CCCC)c1C(=O)O. The third-order valence-corrected chi connectivity index (χ3v) is 4.75. The van der Waals surface area contributed by atoms with Gasteiger partial charge in [-0.1, -0.05) is 33.1 Å². The highest BCUT2D eigenvalue weighted by Crippen LogP contribution is 2.41. The number of ketones is 1. The van der Waals surface area contributed by atoms with Crippen LogP contribution < -0.4 is 4.74 Å². The number of carbonyl (C=O) groups excluding carboxylic acids is 1. The van der Waals surface area contributed by atoms with Gasteiger partial charge in [0.05, 0.1) is 0 Å². The van der Waals surface area contributed by atoms with Crippen molar-refractivity contribution in [2.24, 2.45) is 0 Å². The molecule has 0 bridgehead atoms. The zero-order chi connectivity index (χ0) is 22.3. The Balaban J connectivity index is 2.54. The number of hydrogen-bond acceptors (Lipinski definition) is 6. The van der Waals surface area contributed by atoms with Crippen LogP contribution in [0.2, 0.25) is 0 Å². The fraction of sp³-hybridized carbons (Fsp3) is 0.391. The maximum atomic E-state index is 12.5. The summed E-state index contributed by atoms with van der Waals surface area (Å²) in [6.45, 7) is 3.95. The minimum Gasteiger partial charge on any atom is -0.508 e. The number of carboxylic acid groups (broad SMARTS) is 1. The van der Waals surface area contributed by atoms with Gasteiger partial charge >= 0.3 is 5.97 Å². The Kier molecular flexibility index (Phi) is 8.09. The van der Waals surface area contributed by atoms with E-state index in [1.54, 1.807) is 0 Å². The lowest BCUT2D eigenvalue weighted by Crippen LogP contribution is -2.11. The van der Waals surface area contributed by atoms with Crippen LogP contribution in [0.15, 0.2) is 24.3 Å². The van der Waals surface area contributed by atoms with Gasteiger partial charge in [-0.3, -0.25) is 4.79 Å². The number of aromatic carboxylic acids is 1. The van der Waals surface area contributed by atoms with Gasteiger partial charge in [0.25, 0.3) is 0 Å². The molecule has 0 saturated heterocycles. The Labute approximate surface area is 175 Å². The second-order valence-electron chi connectivity index (χ2n) is 7.21. The van der Waals surface area contributed by atoms with Gasteiger partial charge in [-0.05, 0) is 31.4 Å². The highest BCUT2D eigenvalue weighted by Gasteiger charge is 2.25. The zero-order valence-electron chi connectivity index (χ0n) is 17.3. The second-order valence-corrected chi connectivity index (χ2v) is 7.21. The molecule has 30 heavy (non-hydrogen) atoms. The number of Topliss-reactive ketones (excluding diaryl/α,β-unsaturated/α-hetero) is 1. The molecular formula is C23H28O7. The summed E-state index contributed by atoms with van der Waals surface area (Å²) < 4.78 is 5.74. The molecule has 0 heterocycles. The summed E-state index contributed by atoms with van der Waals surface area (Å²) in [6.07, 6.45) is 4.67. The van der Waals surface area contributed by atoms with Crippen molar-refractivity contribution >= 4 is 11.8 Å². The number of hydrogen-bond donors (Lipinski definition) is 4. The van der Waals surface area contributed by atoms with E-state index in [1.165, 1.54) is 6.07 Å². The van der Waals surface area contributed by atoms with Crippen LogP contribution >= 0.6 is 0 Å². The standard InChI is InChI=1S/C23H28O7/c1-3-5-7-8-14-10-15(24)12-19(27)22(14)30-20-13-16(25)11-17(21(20)23(28)29)18(26)9-6-4-2/h10-13,24-25,27H,3-9H2,1-2H3,(H,28,29). The lowest BCUT2D eigenvalue weighted by molar-refractivity contribution is 0.0688. The fourth-order valence-corrected chi connectivity index (χ4v) is 3.23. The largest absolute Gasteiger partial charge is 0.508 e. The highest BCUT2D eigenvalue weighted by molar-refractivity contribution is 6.07. The van der Waals surface area contributed by atoms with Crippen LogP contribution in [0.25, 0.3) is 0 Å². The normalized spacial score (nSPS) is 10.7. The summed E-state index contributed by atoms with van der Waals surface area (Å²) in [7, 11) is 0. The van der Waals surface area contributed by atoms with Gasteiger partial charge < -0.3 is 25.2 Å². The number of unbranched alkanes of at least 4 members (excludes halogenated alkanes) is 3. The van der Waals surface area contributed by atoms with Crippen LogP contribution in [-0.2, 0) is 6.42 Å². The van der Waals surface area contributed by atoms with E-state index in [0.717, 1.165) is 43.9 Å². The van der Waals surface area contributed by atoms with Gasteiger partial charge in [0.2, 0.25) is 0 Å². The predicted molar refractivity (Wildman–Crippen MR) is 112 cm³/mol. The first kappa shape index (κ1) is 23.1. The summed E-state index contributed by atoms with van der Waals surface area (Å²) >= 11 is 0. The molecule has 2 aromatic carbocycles. The quantitative estimate of drug-likeness (QED) is 0.285. The number of benzene rings is 2. The number of aryl methyl sites for hydroxylation is 1. The van der Waals surface area contributed by atoms with Crippen LogP contribution in [0.1, 0.15) is 78.7 Å². The average molecular weight is 416 g/mol. The molecule has 0 saturated carbocycles. The van der Waals surface area contributed by atoms with E-state index in [0.29, 0.717) is 18.4 Å². The van der Waals surface area contributed by atoms with Crippen molar-refractivity contribution in [1.82, 2.24) is 0 Å². The minimum absolute atomic E-state index is 0.0102. The highest BCUT2D eigenvalue weighted by atomic mass is 16.5. The van der Waals surface area contributed by atoms with E-state index in [2.05, 4.69) is 0 Å². The number of ether oxygens (including phenoxy) is 1. The molecule has 4 N–H and O–H groups in total. The van der Waals surface area contributed by atoms with E-state index in [1.807, 2.05) is 13.8 Å². The minimum atomic E-state index is -1.38. The molecule has 2 rings (SSSR count).